The highest BCUT2D eigenvalue weighted by Gasteiger charge is 2.45. The van der Waals surface area contributed by atoms with E-state index in [1.54, 1.807) is 0 Å². The van der Waals surface area contributed by atoms with Crippen molar-refractivity contribution in [3.05, 3.63) is 0 Å². The predicted octanol–water partition coefficient (Wildman–Crippen LogP) is 6.19. The zero-order chi connectivity index (χ0) is 18.4. The Bertz CT molecular complexity index is 339. The molecule has 2 atom stereocenters. The van der Waals surface area contributed by atoms with E-state index in [0.717, 1.165) is 44.9 Å². The lowest BCUT2D eigenvalue weighted by Crippen LogP contribution is -2.47. The molecule has 0 aromatic carbocycles. The van der Waals surface area contributed by atoms with Crippen molar-refractivity contribution in [3.8, 4) is 0 Å². The summed E-state index contributed by atoms with van der Waals surface area (Å²) >= 11 is 0. The van der Waals surface area contributed by atoms with Crippen LogP contribution in [0.25, 0.3) is 0 Å². The molecule has 0 N–H and O–H groups in total. The van der Waals surface area contributed by atoms with E-state index in [1.807, 2.05) is 0 Å². The van der Waals surface area contributed by atoms with Gasteiger partial charge in [-0.05, 0) is 57.8 Å². The molecule has 1 fully saturated rings. The maximum Gasteiger partial charge on any atom is 0.234 e. The smallest absolute Gasteiger partial charge is 0.227 e. The third-order valence-corrected chi connectivity index (χ3v) is 6.37. The number of hydrogen-bond acceptors (Lipinski definition) is 4. The van der Waals surface area contributed by atoms with Crippen LogP contribution in [0.4, 0.5) is 0 Å². The van der Waals surface area contributed by atoms with Crippen molar-refractivity contribution in [2.24, 2.45) is 11.8 Å². The monoisotopic (exact) mass is 344 g/mol. The van der Waals surface area contributed by atoms with Gasteiger partial charge in [0.1, 0.15) is 11.2 Å². The SMILES string of the molecule is CCC(C)(CC)OOC1(OOC(C)(CC)CC)CCC(C)C(C)C1. The van der Waals surface area contributed by atoms with E-state index < -0.39 is 5.79 Å². The van der Waals surface area contributed by atoms with Crippen LogP contribution in [0.3, 0.4) is 0 Å². The minimum absolute atomic E-state index is 0.290. The Kier molecular flexibility index (Phi) is 8.18. The number of hydrogen-bond donors (Lipinski definition) is 0. The highest BCUT2D eigenvalue weighted by molar-refractivity contribution is 4.82. The van der Waals surface area contributed by atoms with Gasteiger partial charge in [-0.25, -0.2) is 9.78 Å². The zero-order valence-electron chi connectivity index (χ0n) is 17.2. The molecule has 0 saturated heterocycles. The van der Waals surface area contributed by atoms with E-state index in [9.17, 15) is 0 Å². The molecule has 1 aliphatic rings. The van der Waals surface area contributed by atoms with Crippen LogP contribution in [-0.4, -0.2) is 17.0 Å². The van der Waals surface area contributed by atoms with E-state index >= 15 is 0 Å². The van der Waals surface area contributed by atoms with Crippen molar-refractivity contribution < 1.29 is 19.6 Å². The van der Waals surface area contributed by atoms with Gasteiger partial charge in [-0.1, -0.05) is 41.5 Å². The van der Waals surface area contributed by atoms with Crippen molar-refractivity contribution >= 4 is 0 Å². The van der Waals surface area contributed by atoms with E-state index in [-0.39, 0.29) is 11.2 Å². The second-order valence-electron chi connectivity index (χ2n) is 8.26. The fraction of sp³-hybridized carbons (Fsp3) is 1.00. The van der Waals surface area contributed by atoms with Gasteiger partial charge in [0, 0.05) is 12.8 Å². The first-order chi connectivity index (χ1) is 11.2. The van der Waals surface area contributed by atoms with Gasteiger partial charge >= 0.3 is 0 Å². The summed E-state index contributed by atoms with van der Waals surface area (Å²) in [6.45, 7) is 17.2. The molecule has 0 aliphatic heterocycles. The Morgan fingerprint density at radius 1 is 0.792 bits per heavy atom. The summed E-state index contributed by atoms with van der Waals surface area (Å²) in [6.07, 6.45) is 6.23. The Labute approximate surface area is 149 Å². The average molecular weight is 345 g/mol. The molecular weight excluding hydrogens is 304 g/mol. The lowest BCUT2D eigenvalue weighted by Gasteiger charge is -2.43. The van der Waals surface area contributed by atoms with Crippen molar-refractivity contribution in [1.29, 1.82) is 0 Å². The Morgan fingerprint density at radius 2 is 1.21 bits per heavy atom. The molecule has 0 spiro atoms. The Morgan fingerprint density at radius 3 is 1.54 bits per heavy atom. The van der Waals surface area contributed by atoms with E-state index in [0.29, 0.717) is 11.8 Å². The number of rotatable bonds is 10. The predicted molar refractivity (Wildman–Crippen MR) is 97.2 cm³/mol. The van der Waals surface area contributed by atoms with Crippen LogP contribution < -0.4 is 0 Å². The molecule has 1 aliphatic carbocycles. The van der Waals surface area contributed by atoms with Crippen LogP contribution in [0.2, 0.25) is 0 Å². The highest BCUT2D eigenvalue weighted by atomic mass is 17.3. The van der Waals surface area contributed by atoms with Gasteiger partial charge in [0.25, 0.3) is 0 Å². The van der Waals surface area contributed by atoms with Crippen LogP contribution in [0, 0.1) is 11.8 Å². The summed E-state index contributed by atoms with van der Waals surface area (Å²) in [5.41, 5.74) is -0.580. The lowest BCUT2D eigenvalue weighted by molar-refractivity contribution is -0.552. The Balaban J connectivity index is 2.84. The molecule has 24 heavy (non-hydrogen) atoms. The fourth-order valence-electron chi connectivity index (χ4n) is 2.78. The molecule has 0 bridgehead atoms. The van der Waals surface area contributed by atoms with Gasteiger partial charge in [-0.15, -0.1) is 0 Å². The fourth-order valence-corrected chi connectivity index (χ4v) is 2.78. The standard InChI is InChI=1S/C20H40O4/c1-9-18(7,10-2)21-23-20(14-13-16(5)17(6)15-20)24-22-19(8,11-3)12-4/h16-17H,9-15H2,1-8H3. The summed E-state index contributed by atoms with van der Waals surface area (Å²) in [6, 6.07) is 0. The first-order valence-electron chi connectivity index (χ1n) is 9.90. The normalized spacial score (nSPS) is 25.0. The molecule has 4 heteroatoms. The largest absolute Gasteiger partial charge is 0.234 e. The molecule has 0 radical (unpaired) electrons. The molecule has 144 valence electrons. The molecule has 1 rings (SSSR count). The zero-order valence-corrected chi connectivity index (χ0v) is 17.2. The molecule has 0 aromatic rings. The van der Waals surface area contributed by atoms with Gasteiger partial charge < -0.3 is 0 Å². The maximum absolute atomic E-state index is 5.97. The van der Waals surface area contributed by atoms with Gasteiger partial charge in [0.05, 0.1) is 0 Å². The maximum atomic E-state index is 5.97. The second-order valence-corrected chi connectivity index (χ2v) is 8.26. The first-order valence-corrected chi connectivity index (χ1v) is 9.90. The molecule has 0 heterocycles. The molecule has 4 nitrogen and oxygen atoms in total. The average Bonchev–Trinajstić information content (AvgIpc) is 2.61. The van der Waals surface area contributed by atoms with Crippen molar-refractivity contribution in [3.63, 3.8) is 0 Å². The minimum atomic E-state index is -0.802. The quantitative estimate of drug-likeness (QED) is 0.269. The minimum Gasteiger partial charge on any atom is -0.227 e. The summed E-state index contributed by atoms with van der Waals surface area (Å²) in [5, 5.41) is 0. The molecular formula is C20H40O4. The molecule has 2 unspecified atom stereocenters. The van der Waals surface area contributed by atoms with Gasteiger partial charge in [0.15, 0.2) is 0 Å². The van der Waals surface area contributed by atoms with Crippen LogP contribution in [0.15, 0.2) is 0 Å². The topological polar surface area (TPSA) is 36.9 Å². The third-order valence-electron chi connectivity index (χ3n) is 6.37. The van der Waals surface area contributed by atoms with Gasteiger partial charge in [-0.2, -0.15) is 9.78 Å². The van der Waals surface area contributed by atoms with Crippen molar-refractivity contribution in [1.82, 2.24) is 0 Å². The highest BCUT2D eigenvalue weighted by Crippen LogP contribution is 2.42. The molecule has 1 saturated carbocycles. The van der Waals surface area contributed by atoms with E-state index in [1.165, 1.54) is 0 Å². The van der Waals surface area contributed by atoms with E-state index in [2.05, 4.69) is 55.4 Å². The molecule has 0 aromatic heterocycles. The first kappa shape index (κ1) is 21.9. The van der Waals surface area contributed by atoms with Crippen LogP contribution >= 0.6 is 0 Å². The summed E-state index contributed by atoms with van der Waals surface area (Å²) in [5.74, 6) is 0.371. The lowest BCUT2D eigenvalue weighted by atomic mass is 9.78. The third kappa shape index (κ3) is 5.69. The van der Waals surface area contributed by atoms with Crippen LogP contribution in [0.5, 0.6) is 0 Å². The van der Waals surface area contributed by atoms with Crippen molar-refractivity contribution in [2.75, 3.05) is 0 Å². The van der Waals surface area contributed by atoms with Gasteiger partial charge in [-0.3, -0.25) is 0 Å². The summed E-state index contributed by atoms with van der Waals surface area (Å²) in [4.78, 5) is 23.7. The van der Waals surface area contributed by atoms with Gasteiger partial charge in [0.2, 0.25) is 5.79 Å². The Hall–Kier alpha value is -0.160. The second kappa shape index (κ2) is 8.98. The van der Waals surface area contributed by atoms with Crippen LogP contribution in [0.1, 0.15) is 100 Å². The van der Waals surface area contributed by atoms with E-state index in [4.69, 9.17) is 19.6 Å². The van der Waals surface area contributed by atoms with Crippen molar-refractivity contribution in [2.45, 2.75) is 117 Å². The summed E-state index contributed by atoms with van der Waals surface area (Å²) in [7, 11) is 0. The molecule has 0 amide bonds. The summed E-state index contributed by atoms with van der Waals surface area (Å²) < 4.78 is 0. The van der Waals surface area contributed by atoms with Crippen LogP contribution in [-0.2, 0) is 19.6 Å².